The first-order valence-electron chi connectivity index (χ1n) is 17.8. The molecular weight excluding hydrogens is 592 g/mol. The minimum atomic E-state index is -0.131. The van der Waals surface area contributed by atoms with Gasteiger partial charge in [0.25, 0.3) is 0 Å². The molecule has 0 fully saturated rings. The maximum absolute atomic E-state index is 6.55. The summed E-state index contributed by atoms with van der Waals surface area (Å²) in [4.78, 5) is 9.90. The van der Waals surface area contributed by atoms with Crippen molar-refractivity contribution in [1.29, 1.82) is 0 Å². The molecule has 2 aromatic heterocycles. The summed E-state index contributed by atoms with van der Waals surface area (Å²) >= 11 is 0. The van der Waals surface area contributed by atoms with Gasteiger partial charge in [-0.15, -0.1) is 6.58 Å². The number of hydrogen-bond donors (Lipinski definition) is 3. The van der Waals surface area contributed by atoms with Gasteiger partial charge < -0.3 is 15.0 Å². The predicted octanol–water partition coefficient (Wildman–Crippen LogP) is 9.72. The van der Waals surface area contributed by atoms with Gasteiger partial charge in [-0.25, -0.2) is 0 Å². The highest BCUT2D eigenvalue weighted by Crippen LogP contribution is 2.42. The van der Waals surface area contributed by atoms with Gasteiger partial charge in [0.1, 0.15) is 0 Å². The van der Waals surface area contributed by atoms with E-state index in [1.165, 1.54) is 22.2 Å². The lowest BCUT2D eigenvalue weighted by Gasteiger charge is -2.25. The molecule has 0 saturated heterocycles. The number of allylic oxidation sites excluding steroid dienone is 2. The van der Waals surface area contributed by atoms with Gasteiger partial charge in [-0.05, 0) is 101 Å². The minimum Gasteiger partial charge on any atom is -0.375 e. The molecule has 2 unspecified atom stereocenters. The van der Waals surface area contributed by atoms with Crippen LogP contribution in [-0.4, -0.2) is 35.0 Å². The van der Waals surface area contributed by atoms with E-state index in [9.17, 15) is 0 Å². The summed E-state index contributed by atoms with van der Waals surface area (Å²) in [6.07, 6.45) is 12.4. The molecule has 0 spiro atoms. The summed E-state index contributed by atoms with van der Waals surface area (Å²) in [6, 6.07) is 10.9. The van der Waals surface area contributed by atoms with Crippen LogP contribution in [0.3, 0.4) is 0 Å². The van der Waals surface area contributed by atoms with Crippen molar-refractivity contribution in [2.24, 2.45) is 22.0 Å². The third kappa shape index (κ3) is 10.8. The zero-order valence-electron chi connectivity index (χ0n) is 31.5. The van der Waals surface area contributed by atoms with Crippen LogP contribution in [0.5, 0.6) is 0 Å². The second kappa shape index (κ2) is 20.2. The van der Waals surface area contributed by atoms with Crippen LogP contribution in [0.4, 0.5) is 0 Å². The van der Waals surface area contributed by atoms with Gasteiger partial charge in [-0.2, -0.15) is 0 Å². The molecule has 0 amide bonds. The molecule has 2 atom stereocenters. The number of nitrogens with zero attached hydrogens (tertiary/aromatic N) is 3. The van der Waals surface area contributed by atoms with Crippen LogP contribution < -0.4 is 17.0 Å². The Morgan fingerprint density at radius 1 is 1.21 bits per heavy atom. The summed E-state index contributed by atoms with van der Waals surface area (Å²) in [5.41, 5.74) is 19.3. The number of nitrogens with two attached hydrogens (primary N) is 2. The Balaban J connectivity index is 0.00000392. The van der Waals surface area contributed by atoms with E-state index < -0.39 is 0 Å². The van der Waals surface area contributed by atoms with Crippen molar-refractivity contribution in [2.45, 2.75) is 119 Å². The van der Waals surface area contributed by atoms with Crippen LogP contribution >= 0.6 is 0 Å². The highest BCUT2D eigenvalue weighted by Gasteiger charge is 2.27. The number of hydrazine groups is 1. The molecule has 0 bridgehead atoms. The van der Waals surface area contributed by atoms with E-state index in [0.29, 0.717) is 6.42 Å². The lowest BCUT2D eigenvalue weighted by atomic mass is 9.80. The quantitative estimate of drug-likeness (QED) is 0.0392. The number of hydrogen-bond acceptors (Lipinski definition) is 6. The number of methoxy groups -OCH3 is 1. The molecule has 3 aromatic rings. The van der Waals surface area contributed by atoms with Gasteiger partial charge in [-0.1, -0.05) is 58.1 Å². The van der Waals surface area contributed by atoms with Crippen molar-refractivity contribution < 1.29 is 4.74 Å². The van der Waals surface area contributed by atoms with Crippen LogP contribution in [0.25, 0.3) is 27.9 Å². The Morgan fingerprint density at radius 3 is 2.56 bits per heavy atom. The van der Waals surface area contributed by atoms with Crippen molar-refractivity contribution in [1.82, 2.24) is 15.0 Å². The molecule has 0 saturated carbocycles. The molecule has 2 heterocycles. The Morgan fingerprint density at radius 2 is 1.94 bits per heavy atom. The molecule has 3 rings (SSSR count). The van der Waals surface area contributed by atoms with E-state index in [-0.39, 0.29) is 17.6 Å². The molecule has 5 N–H and O–H groups in total. The Bertz CT molecular complexity index is 1530. The number of pyridine rings is 1. The molecule has 7 heteroatoms. The number of rotatable bonds is 19. The summed E-state index contributed by atoms with van der Waals surface area (Å²) in [6.45, 7) is 27.0. The number of ether oxygens (including phenoxy) is 1. The fourth-order valence-electron chi connectivity index (χ4n) is 6.29. The van der Waals surface area contributed by atoms with Crippen molar-refractivity contribution in [3.8, 4) is 11.3 Å². The van der Waals surface area contributed by atoms with Crippen molar-refractivity contribution in [3.05, 3.63) is 84.2 Å². The van der Waals surface area contributed by atoms with Crippen molar-refractivity contribution in [3.63, 3.8) is 0 Å². The maximum Gasteiger partial charge on any atom is 0.0969 e. The highest BCUT2D eigenvalue weighted by atomic mass is 16.5. The number of nitrogens with one attached hydrogen (secondary N) is 1. The van der Waals surface area contributed by atoms with Crippen LogP contribution in [0.15, 0.2) is 72.4 Å². The second-order valence-electron chi connectivity index (χ2n) is 13.2. The zero-order chi connectivity index (χ0) is 35.9. The molecule has 48 heavy (non-hydrogen) atoms. The lowest BCUT2D eigenvalue weighted by Crippen LogP contribution is -2.25. The first-order valence-corrected chi connectivity index (χ1v) is 17.8. The fourth-order valence-corrected chi connectivity index (χ4v) is 6.29. The summed E-state index contributed by atoms with van der Waals surface area (Å²) < 4.78 is 8.23. The van der Waals surface area contributed by atoms with Crippen LogP contribution in [-0.2, 0) is 17.7 Å². The molecular formula is C41H64N6O. The minimum absolute atomic E-state index is 0.0680. The third-order valence-electron chi connectivity index (χ3n) is 8.99. The number of benzene rings is 1. The summed E-state index contributed by atoms with van der Waals surface area (Å²) in [7, 11) is 1.75. The maximum atomic E-state index is 6.55. The zero-order valence-corrected chi connectivity index (χ0v) is 31.5. The number of aliphatic imine (C=N–C) groups is 1. The predicted molar refractivity (Wildman–Crippen MR) is 209 cm³/mol. The molecule has 0 aliphatic rings. The van der Waals surface area contributed by atoms with Gasteiger partial charge >= 0.3 is 0 Å². The van der Waals surface area contributed by atoms with Gasteiger partial charge in [0.2, 0.25) is 0 Å². The molecule has 0 radical (unpaired) electrons. The molecule has 1 aromatic carbocycles. The van der Waals surface area contributed by atoms with E-state index >= 15 is 0 Å². The normalized spacial score (nSPS) is 13.6. The first kappa shape index (κ1) is 40.8. The van der Waals surface area contributed by atoms with E-state index in [1.54, 1.807) is 7.11 Å². The lowest BCUT2D eigenvalue weighted by molar-refractivity contribution is 0.116. The topological polar surface area (TPSA) is 103 Å². The van der Waals surface area contributed by atoms with Gasteiger partial charge in [-0.3, -0.25) is 21.2 Å². The fraction of sp³-hybridized carbons (Fsp3) is 0.512. The number of unbranched alkanes of at least 4 members (excludes halogenated alkanes) is 1. The number of aromatic nitrogens is 2. The number of fused-ring (bicyclic) bond motifs is 1. The first-order chi connectivity index (χ1) is 23.0. The van der Waals surface area contributed by atoms with Gasteiger partial charge in [0.15, 0.2) is 0 Å². The Hall–Kier alpha value is -3.36. The van der Waals surface area contributed by atoms with Crippen molar-refractivity contribution in [2.75, 3.05) is 13.7 Å². The SMILES string of the molecule is C=CCCC(C)(C)Cc1c(-c2cccnc2C(C)OC)n(CC)c2ccc(/C(=C/C)N=C(C)CC(N)C(=C)CCCCNN)cc12.CC. The Labute approximate surface area is 291 Å². The molecule has 7 nitrogen and oxygen atoms in total. The molecule has 0 aliphatic carbocycles. The van der Waals surface area contributed by atoms with Crippen LogP contribution in [0, 0.1) is 5.41 Å². The monoisotopic (exact) mass is 657 g/mol. The molecule has 264 valence electrons. The Kier molecular flexibility index (Phi) is 17.2. The summed E-state index contributed by atoms with van der Waals surface area (Å²) in [5.74, 6) is 5.40. The highest BCUT2D eigenvalue weighted by molar-refractivity contribution is 5.96. The standard InChI is InChI=1S/C39H58N6O.C2H6/c1-10-13-21-39(7,8)26-33-32-25-30(35(11-2)44-28(5)24-34(40)27(4)17-14-15-23-43-41)19-20-36(32)45(12-3)38(33)31-18-16-22-42-37(31)29(6)46-9;1-2/h10-11,16,18-20,22,25,29,34,43H,1,4,12-15,17,21,23-24,26,40-41H2,2-3,5-9H3;1-2H3/b35-11-,44-28?;. The third-order valence-corrected chi connectivity index (χ3v) is 8.99. The van der Waals surface area contributed by atoms with E-state index in [4.69, 9.17) is 26.3 Å². The largest absolute Gasteiger partial charge is 0.375 e. The number of aryl methyl sites for hydroxylation is 1. The van der Waals surface area contributed by atoms with Gasteiger partial charge in [0, 0.05) is 66.6 Å². The van der Waals surface area contributed by atoms with Crippen molar-refractivity contribution >= 4 is 22.3 Å². The van der Waals surface area contributed by atoms with Crippen LogP contribution in [0.1, 0.15) is 117 Å². The molecule has 0 aliphatic heterocycles. The summed E-state index contributed by atoms with van der Waals surface area (Å²) in [5, 5.41) is 1.25. The van der Waals surface area contributed by atoms with E-state index in [1.807, 2.05) is 32.2 Å². The van der Waals surface area contributed by atoms with E-state index in [0.717, 1.165) is 85.4 Å². The average Bonchev–Trinajstić information content (AvgIpc) is 3.39. The van der Waals surface area contributed by atoms with Crippen LogP contribution in [0.2, 0.25) is 0 Å². The average molecular weight is 657 g/mol. The second-order valence-corrected chi connectivity index (χ2v) is 13.2. The van der Waals surface area contributed by atoms with Gasteiger partial charge in [0.05, 0.1) is 23.2 Å². The van der Waals surface area contributed by atoms with E-state index in [2.05, 4.69) is 95.0 Å². The smallest absolute Gasteiger partial charge is 0.0969 e.